The zero-order valence-corrected chi connectivity index (χ0v) is 24.9. The van der Waals surface area contributed by atoms with Crippen molar-refractivity contribution in [2.75, 3.05) is 17.4 Å². The van der Waals surface area contributed by atoms with Gasteiger partial charge in [-0.1, -0.05) is 87.9 Å². The number of aryl methyl sites for hydroxylation is 2. The lowest BCUT2D eigenvalue weighted by Gasteiger charge is -2.33. The first-order valence-electron chi connectivity index (χ1n) is 13.9. The maximum atomic E-state index is 14.1. The van der Waals surface area contributed by atoms with Crippen LogP contribution in [0.15, 0.2) is 83.8 Å². The summed E-state index contributed by atoms with van der Waals surface area (Å²) in [5.74, 6) is -0.450. The Balaban J connectivity index is 2.04. The fourth-order valence-corrected chi connectivity index (χ4v) is 5.93. The number of anilines is 1. The van der Waals surface area contributed by atoms with Crippen LogP contribution < -0.4 is 9.62 Å². The van der Waals surface area contributed by atoms with Gasteiger partial charge >= 0.3 is 0 Å². The van der Waals surface area contributed by atoms with E-state index in [-0.39, 0.29) is 23.3 Å². The zero-order valence-electron chi connectivity index (χ0n) is 24.1. The number of carbonyl (C=O) groups excluding carboxylic acids is 2. The van der Waals surface area contributed by atoms with Crippen LogP contribution in [-0.4, -0.2) is 44.3 Å². The van der Waals surface area contributed by atoms with Crippen LogP contribution in [0.25, 0.3) is 0 Å². The molecule has 0 heterocycles. The van der Waals surface area contributed by atoms with Gasteiger partial charge in [0.25, 0.3) is 10.0 Å². The molecule has 3 rings (SSSR count). The van der Waals surface area contributed by atoms with E-state index in [9.17, 15) is 18.0 Å². The number of nitrogens with one attached hydrogen (secondary N) is 1. The minimum absolute atomic E-state index is 0.0920. The molecule has 2 amide bonds. The van der Waals surface area contributed by atoms with Crippen LogP contribution in [0.2, 0.25) is 0 Å². The van der Waals surface area contributed by atoms with Crippen molar-refractivity contribution in [3.8, 4) is 0 Å². The van der Waals surface area contributed by atoms with E-state index in [1.54, 1.807) is 30.3 Å². The molecule has 0 saturated heterocycles. The molecular formula is C32H41N3O4S. The van der Waals surface area contributed by atoms with Gasteiger partial charge in [0, 0.05) is 13.1 Å². The van der Waals surface area contributed by atoms with E-state index in [1.807, 2.05) is 71.0 Å². The summed E-state index contributed by atoms with van der Waals surface area (Å²) < 4.78 is 28.9. The minimum Gasteiger partial charge on any atom is -0.354 e. The molecule has 0 unspecified atom stereocenters. The second-order valence-corrected chi connectivity index (χ2v) is 12.3. The van der Waals surface area contributed by atoms with Gasteiger partial charge in [-0.2, -0.15) is 0 Å². The summed E-state index contributed by atoms with van der Waals surface area (Å²) in [6.45, 7) is 10.1. The van der Waals surface area contributed by atoms with Gasteiger partial charge in [0.15, 0.2) is 0 Å². The Labute approximate surface area is 239 Å². The van der Waals surface area contributed by atoms with Crippen LogP contribution in [0, 0.1) is 12.8 Å². The van der Waals surface area contributed by atoms with E-state index in [1.165, 1.54) is 17.0 Å². The van der Waals surface area contributed by atoms with E-state index in [2.05, 4.69) is 5.32 Å². The first-order valence-corrected chi connectivity index (χ1v) is 15.3. The maximum Gasteiger partial charge on any atom is 0.264 e. The molecule has 0 fully saturated rings. The molecule has 3 aromatic carbocycles. The van der Waals surface area contributed by atoms with Crippen molar-refractivity contribution in [2.45, 2.75) is 64.9 Å². The Hall–Kier alpha value is -3.65. The van der Waals surface area contributed by atoms with Gasteiger partial charge in [0.2, 0.25) is 11.8 Å². The summed E-state index contributed by atoms with van der Waals surface area (Å²) in [6.07, 6.45) is 1.19. The van der Waals surface area contributed by atoms with Crippen molar-refractivity contribution in [1.82, 2.24) is 10.2 Å². The van der Waals surface area contributed by atoms with Crippen LogP contribution >= 0.6 is 0 Å². The lowest BCUT2D eigenvalue weighted by Crippen LogP contribution is -2.52. The second kappa shape index (κ2) is 14.1. The highest BCUT2D eigenvalue weighted by molar-refractivity contribution is 7.92. The summed E-state index contributed by atoms with van der Waals surface area (Å²) >= 11 is 0. The van der Waals surface area contributed by atoms with Gasteiger partial charge in [-0.15, -0.1) is 0 Å². The molecule has 0 bridgehead atoms. The number of carbonyl (C=O) groups is 2. The third-order valence-electron chi connectivity index (χ3n) is 6.75. The highest BCUT2D eigenvalue weighted by atomic mass is 32.2. The van der Waals surface area contributed by atoms with Crippen LogP contribution in [0.3, 0.4) is 0 Å². The Bertz CT molecular complexity index is 1370. The summed E-state index contributed by atoms with van der Waals surface area (Å²) in [6, 6.07) is 22.3. The molecule has 8 heteroatoms. The molecule has 0 aliphatic carbocycles. The number of hydrogen-bond donors (Lipinski definition) is 1. The van der Waals surface area contributed by atoms with E-state index >= 15 is 0 Å². The van der Waals surface area contributed by atoms with Gasteiger partial charge in [-0.25, -0.2) is 8.42 Å². The van der Waals surface area contributed by atoms with Crippen molar-refractivity contribution in [3.05, 3.63) is 95.6 Å². The molecule has 0 spiro atoms. The summed E-state index contributed by atoms with van der Waals surface area (Å²) in [5, 5.41) is 2.95. The van der Waals surface area contributed by atoms with E-state index < -0.39 is 28.5 Å². The highest BCUT2D eigenvalue weighted by Crippen LogP contribution is 2.25. The van der Waals surface area contributed by atoms with Crippen LogP contribution in [-0.2, 0) is 32.6 Å². The van der Waals surface area contributed by atoms with Crippen LogP contribution in [0.5, 0.6) is 0 Å². The smallest absolute Gasteiger partial charge is 0.264 e. The van der Waals surface area contributed by atoms with Crippen molar-refractivity contribution in [3.63, 3.8) is 0 Å². The Morgan fingerprint density at radius 1 is 0.875 bits per heavy atom. The van der Waals surface area contributed by atoms with Crippen LogP contribution in [0.4, 0.5) is 5.69 Å². The molecule has 40 heavy (non-hydrogen) atoms. The highest BCUT2D eigenvalue weighted by Gasteiger charge is 2.33. The van der Waals surface area contributed by atoms with E-state index in [4.69, 9.17) is 0 Å². The number of hydrogen-bond acceptors (Lipinski definition) is 4. The molecule has 0 saturated carbocycles. The fraction of sp³-hybridized carbons (Fsp3) is 0.375. The third-order valence-corrected chi connectivity index (χ3v) is 8.54. The number of nitrogens with zero attached hydrogens (tertiary/aromatic N) is 2. The van der Waals surface area contributed by atoms with E-state index in [0.717, 1.165) is 27.4 Å². The molecule has 3 aromatic rings. The molecule has 214 valence electrons. The topological polar surface area (TPSA) is 86.8 Å². The van der Waals surface area contributed by atoms with Gasteiger partial charge in [0.1, 0.15) is 12.6 Å². The zero-order chi connectivity index (χ0) is 29.3. The Morgan fingerprint density at radius 2 is 1.55 bits per heavy atom. The SMILES string of the molecule is CCc1ccc(N(CC(=O)N(Cc2cccc(C)c2)[C@H](CC)C(=O)NCC(C)C)S(=O)(=O)c2ccccc2)cc1. The molecule has 0 aromatic heterocycles. The largest absolute Gasteiger partial charge is 0.354 e. The molecule has 1 atom stereocenters. The fourth-order valence-electron chi connectivity index (χ4n) is 4.50. The lowest BCUT2D eigenvalue weighted by molar-refractivity contribution is -0.140. The average molecular weight is 564 g/mol. The molecule has 1 N–H and O–H groups in total. The molecular weight excluding hydrogens is 522 g/mol. The lowest BCUT2D eigenvalue weighted by atomic mass is 10.1. The summed E-state index contributed by atoms with van der Waals surface area (Å²) in [4.78, 5) is 29.0. The van der Waals surface area contributed by atoms with Gasteiger partial charge in [-0.3, -0.25) is 13.9 Å². The summed E-state index contributed by atoms with van der Waals surface area (Å²) in [7, 11) is -4.07. The minimum atomic E-state index is -4.07. The monoisotopic (exact) mass is 563 g/mol. The van der Waals surface area contributed by atoms with Crippen molar-refractivity contribution in [2.24, 2.45) is 5.92 Å². The normalized spacial score (nSPS) is 12.2. The predicted octanol–water partition coefficient (Wildman–Crippen LogP) is 5.33. The third kappa shape index (κ3) is 7.94. The number of sulfonamides is 1. The predicted molar refractivity (Wildman–Crippen MR) is 160 cm³/mol. The van der Waals surface area contributed by atoms with E-state index in [0.29, 0.717) is 18.7 Å². The van der Waals surface area contributed by atoms with Crippen LogP contribution in [0.1, 0.15) is 50.8 Å². The Morgan fingerprint density at radius 3 is 2.12 bits per heavy atom. The molecule has 0 aliphatic rings. The molecule has 0 radical (unpaired) electrons. The van der Waals surface area contributed by atoms with Gasteiger partial charge in [-0.05, 0) is 61.1 Å². The van der Waals surface area contributed by atoms with Gasteiger partial charge < -0.3 is 10.2 Å². The second-order valence-electron chi connectivity index (χ2n) is 10.4. The number of benzene rings is 3. The standard InChI is InChI=1S/C32H41N3O4S/c1-6-26-16-18-28(19-17-26)35(40(38,39)29-14-9-8-10-15-29)23-31(36)34(22-27-13-11-12-25(5)20-27)30(7-2)32(37)33-21-24(3)4/h8-20,24,30H,6-7,21-23H2,1-5H3,(H,33,37)/t30-/m1/s1. The number of amides is 2. The van der Waals surface area contributed by atoms with Gasteiger partial charge in [0.05, 0.1) is 10.6 Å². The molecule has 7 nitrogen and oxygen atoms in total. The average Bonchev–Trinajstić information content (AvgIpc) is 2.95. The maximum absolute atomic E-state index is 14.1. The number of rotatable bonds is 13. The first kappa shape index (κ1) is 30.9. The van der Waals surface area contributed by atoms with Crippen molar-refractivity contribution in [1.29, 1.82) is 0 Å². The quantitative estimate of drug-likeness (QED) is 0.305. The molecule has 0 aliphatic heterocycles. The first-order chi connectivity index (χ1) is 19.1. The van der Waals surface area contributed by atoms with Crippen molar-refractivity contribution >= 4 is 27.5 Å². The van der Waals surface area contributed by atoms with Crippen molar-refractivity contribution < 1.29 is 18.0 Å². The Kier molecular flexibility index (Phi) is 10.9. The summed E-state index contributed by atoms with van der Waals surface area (Å²) in [5.41, 5.74) is 3.35.